The molecule has 3 nitrogen and oxygen atoms in total. The maximum atomic E-state index is 10.8. The lowest BCUT2D eigenvalue weighted by Crippen LogP contribution is -2.11. The maximum absolute atomic E-state index is 10.8. The molecule has 1 aromatic rings. The van der Waals surface area contributed by atoms with Gasteiger partial charge in [0, 0.05) is 11.9 Å². The molecule has 0 bridgehead atoms. The Labute approximate surface area is 77.4 Å². The van der Waals surface area contributed by atoms with Crippen LogP contribution in [0.4, 0.5) is 0 Å². The fraction of sp³-hybridized carbons (Fsp3) is 0.400. The normalized spacial score (nSPS) is 12.5. The molecule has 0 radical (unpaired) electrons. The minimum absolute atomic E-state index is 0.478. The minimum atomic E-state index is -0.806. The summed E-state index contributed by atoms with van der Waals surface area (Å²) in [6.07, 6.45) is 1.70. The third-order valence-electron chi connectivity index (χ3n) is 2.21. The Kier molecular flexibility index (Phi) is 2.66. The van der Waals surface area contributed by atoms with Crippen molar-refractivity contribution in [1.29, 1.82) is 0 Å². The van der Waals surface area contributed by atoms with E-state index in [4.69, 9.17) is 5.11 Å². The molecule has 1 rings (SSSR count). The average Bonchev–Trinajstić information content (AvgIpc) is 2.03. The van der Waals surface area contributed by atoms with Crippen LogP contribution < -0.4 is 0 Å². The zero-order valence-electron chi connectivity index (χ0n) is 8.03. The van der Waals surface area contributed by atoms with Gasteiger partial charge in [-0.05, 0) is 38.0 Å². The van der Waals surface area contributed by atoms with E-state index in [1.807, 2.05) is 19.9 Å². The second-order valence-corrected chi connectivity index (χ2v) is 3.19. The summed E-state index contributed by atoms with van der Waals surface area (Å²) in [5.41, 5.74) is 2.62. The number of carbonyl (C=O) groups is 1. The summed E-state index contributed by atoms with van der Waals surface area (Å²) in [5.74, 6) is -1.28. The fourth-order valence-electron chi connectivity index (χ4n) is 1.48. The topological polar surface area (TPSA) is 50.2 Å². The summed E-state index contributed by atoms with van der Waals surface area (Å²) in [5, 5.41) is 8.86. The Morgan fingerprint density at radius 2 is 2.15 bits per heavy atom. The zero-order valence-corrected chi connectivity index (χ0v) is 8.03. The van der Waals surface area contributed by atoms with E-state index in [0.29, 0.717) is 0 Å². The predicted molar refractivity (Wildman–Crippen MR) is 49.8 cm³/mol. The number of aliphatic carboxylic acids is 1. The molecular weight excluding hydrogens is 166 g/mol. The largest absolute Gasteiger partial charge is 0.481 e. The van der Waals surface area contributed by atoms with Crippen molar-refractivity contribution in [3.8, 4) is 0 Å². The smallest absolute Gasteiger partial charge is 0.310 e. The first-order valence-corrected chi connectivity index (χ1v) is 4.19. The van der Waals surface area contributed by atoms with Crippen molar-refractivity contribution in [2.24, 2.45) is 0 Å². The first kappa shape index (κ1) is 9.71. The third-order valence-corrected chi connectivity index (χ3v) is 2.21. The molecule has 0 amide bonds. The summed E-state index contributed by atoms with van der Waals surface area (Å²) in [7, 11) is 0. The summed E-state index contributed by atoms with van der Waals surface area (Å²) in [4.78, 5) is 14.9. The molecule has 0 aromatic carbocycles. The Bertz CT molecular complexity index is 313. The average molecular weight is 179 g/mol. The van der Waals surface area contributed by atoms with Crippen LogP contribution in [0.25, 0.3) is 0 Å². The minimum Gasteiger partial charge on any atom is -0.481 e. The molecule has 0 saturated carbocycles. The van der Waals surface area contributed by atoms with E-state index in [-0.39, 0.29) is 0 Å². The van der Waals surface area contributed by atoms with Crippen molar-refractivity contribution in [1.82, 2.24) is 4.98 Å². The molecule has 1 unspecified atom stereocenters. The molecule has 1 heterocycles. The van der Waals surface area contributed by atoms with E-state index in [9.17, 15) is 4.79 Å². The van der Waals surface area contributed by atoms with Gasteiger partial charge in [0.25, 0.3) is 0 Å². The van der Waals surface area contributed by atoms with Crippen molar-refractivity contribution >= 4 is 5.97 Å². The molecule has 1 aromatic heterocycles. The van der Waals surface area contributed by atoms with E-state index >= 15 is 0 Å². The summed E-state index contributed by atoms with van der Waals surface area (Å²) in [6.45, 7) is 5.42. The van der Waals surface area contributed by atoms with Crippen molar-refractivity contribution in [2.75, 3.05) is 0 Å². The first-order chi connectivity index (χ1) is 6.04. The van der Waals surface area contributed by atoms with Gasteiger partial charge in [0.2, 0.25) is 0 Å². The van der Waals surface area contributed by atoms with Crippen LogP contribution in [-0.2, 0) is 4.79 Å². The fourth-order valence-corrected chi connectivity index (χ4v) is 1.48. The van der Waals surface area contributed by atoms with Gasteiger partial charge >= 0.3 is 5.97 Å². The molecule has 1 atom stereocenters. The van der Waals surface area contributed by atoms with Gasteiger partial charge in [-0.2, -0.15) is 0 Å². The van der Waals surface area contributed by atoms with Crippen LogP contribution in [0.2, 0.25) is 0 Å². The highest BCUT2D eigenvalue weighted by atomic mass is 16.4. The number of rotatable bonds is 2. The van der Waals surface area contributed by atoms with Crippen molar-refractivity contribution in [3.05, 3.63) is 29.1 Å². The van der Waals surface area contributed by atoms with Crippen LogP contribution in [0, 0.1) is 13.8 Å². The van der Waals surface area contributed by atoms with Gasteiger partial charge < -0.3 is 5.11 Å². The highest BCUT2D eigenvalue weighted by Crippen LogP contribution is 2.21. The van der Waals surface area contributed by atoms with E-state index in [0.717, 1.165) is 16.8 Å². The molecule has 0 saturated heterocycles. The lowest BCUT2D eigenvalue weighted by Gasteiger charge is -2.12. The first-order valence-electron chi connectivity index (χ1n) is 4.19. The Morgan fingerprint density at radius 3 is 2.62 bits per heavy atom. The number of carboxylic acids is 1. The molecule has 1 N–H and O–H groups in total. The molecular formula is C10H13NO2. The van der Waals surface area contributed by atoms with Crippen molar-refractivity contribution in [2.45, 2.75) is 26.7 Å². The number of hydrogen-bond donors (Lipinski definition) is 1. The van der Waals surface area contributed by atoms with Crippen LogP contribution in [0.3, 0.4) is 0 Å². The molecule has 13 heavy (non-hydrogen) atoms. The van der Waals surface area contributed by atoms with Crippen LogP contribution in [0.1, 0.15) is 29.7 Å². The van der Waals surface area contributed by atoms with Crippen LogP contribution in [0.15, 0.2) is 12.3 Å². The Hall–Kier alpha value is -1.38. The number of hydrogen-bond acceptors (Lipinski definition) is 2. The molecule has 0 aliphatic heterocycles. The van der Waals surface area contributed by atoms with Crippen LogP contribution >= 0.6 is 0 Å². The molecule has 70 valence electrons. The van der Waals surface area contributed by atoms with Crippen LogP contribution in [0.5, 0.6) is 0 Å². The quantitative estimate of drug-likeness (QED) is 0.754. The Morgan fingerprint density at radius 1 is 1.54 bits per heavy atom. The number of nitrogens with zero attached hydrogens (tertiary/aromatic N) is 1. The zero-order chi connectivity index (χ0) is 10.0. The Balaban J connectivity index is 3.20. The molecule has 0 spiro atoms. The lowest BCUT2D eigenvalue weighted by atomic mass is 9.96. The van der Waals surface area contributed by atoms with Gasteiger partial charge in [-0.25, -0.2) is 0 Å². The lowest BCUT2D eigenvalue weighted by molar-refractivity contribution is -0.138. The molecule has 0 aliphatic carbocycles. The third kappa shape index (κ3) is 1.86. The summed E-state index contributed by atoms with van der Waals surface area (Å²) in [6, 6.07) is 1.84. The second-order valence-electron chi connectivity index (χ2n) is 3.19. The van der Waals surface area contributed by atoms with E-state index in [1.165, 1.54) is 0 Å². The summed E-state index contributed by atoms with van der Waals surface area (Å²) < 4.78 is 0. The van der Waals surface area contributed by atoms with Crippen LogP contribution in [-0.4, -0.2) is 16.1 Å². The molecule has 3 heteroatoms. The van der Waals surface area contributed by atoms with E-state index in [1.54, 1.807) is 13.1 Å². The number of carboxylic acid groups (broad SMARTS) is 1. The number of aryl methyl sites for hydroxylation is 2. The monoisotopic (exact) mass is 179 g/mol. The van der Waals surface area contributed by atoms with Gasteiger partial charge in [0.15, 0.2) is 0 Å². The number of pyridine rings is 1. The maximum Gasteiger partial charge on any atom is 0.310 e. The van der Waals surface area contributed by atoms with Gasteiger partial charge in [0.05, 0.1) is 5.92 Å². The van der Waals surface area contributed by atoms with Crippen molar-refractivity contribution < 1.29 is 9.90 Å². The van der Waals surface area contributed by atoms with E-state index < -0.39 is 11.9 Å². The summed E-state index contributed by atoms with van der Waals surface area (Å²) >= 11 is 0. The highest BCUT2D eigenvalue weighted by molar-refractivity contribution is 5.76. The van der Waals surface area contributed by atoms with Gasteiger partial charge in [-0.15, -0.1) is 0 Å². The standard InChI is InChI=1S/C10H13NO2/c1-6-4-5-11-8(3)9(6)7(2)10(12)13/h4-5,7H,1-3H3,(H,12,13). The van der Waals surface area contributed by atoms with Gasteiger partial charge in [0.1, 0.15) is 0 Å². The SMILES string of the molecule is Cc1ccnc(C)c1C(C)C(=O)O. The molecule has 0 fully saturated rings. The predicted octanol–water partition coefficient (Wildman–Crippen LogP) is 1.89. The molecule has 0 aliphatic rings. The van der Waals surface area contributed by atoms with Gasteiger partial charge in [-0.3, -0.25) is 9.78 Å². The van der Waals surface area contributed by atoms with Gasteiger partial charge in [-0.1, -0.05) is 0 Å². The second kappa shape index (κ2) is 3.56. The highest BCUT2D eigenvalue weighted by Gasteiger charge is 2.18. The number of aromatic nitrogens is 1. The van der Waals surface area contributed by atoms with E-state index in [2.05, 4.69) is 4.98 Å². The van der Waals surface area contributed by atoms with Crippen molar-refractivity contribution in [3.63, 3.8) is 0 Å².